The molecule has 6 heteroatoms. The molecule has 1 atom stereocenters. The fourth-order valence-corrected chi connectivity index (χ4v) is 5.35. The van der Waals surface area contributed by atoms with Crippen LogP contribution in [0, 0.1) is 0 Å². The van der Waals surface area contributed by atoms with Crippen molar-refractivity contribution in [2.45, 2.75) is 25.4 Å². The van der Waals surface area contributed by atoms with Gasteiger partial charge in [-0.05, 0) is 35.7 Å². The van der Waals surface area contributed by atoms with Crippen molar-refractivity contribution < 1.29 is 4.79 Å². The summed E-state index contributed by atoms with van der Waals surface area (Å²) in [5, 5.41) is 0.702. The van der Waals surface area contributed by atoms with E-state index in [9.17, 15) is 4.79 Å². The number of aromatic nitrogens is 2. The molecular weight excluding hydrogens is 480 g/mol. The van der Waals surface area contributed by atoms with Gasteiger partial charge in [0.05, 0.1) is 17.9 Å². The van der Waals surface area contributed by atoms with Crippen LogP contribution in [0.4, 0.5) is 0 Å². The molecule has 5 nitrogen and oxygen atoms in total. The number of amides is 1. The zero-order chi connectivity index (χ0) is 25.2. The molecule has 1 unspecified atom stereocenters. The van der Waals surface area contributed by atoms with E-state index in [-0.39, 0.29) is 5.91 Å². The summed E-state index contributed by atoms with van der Waals surface area (Å²) in [6.45, 7) is 3.24. The van der Waals surface area contributed by atoms with Crippen molar-refractivity contribution >= 4 is 23.2 Å². The summed E-state index contributed by atoms with van der Waals surface area (Å²) < 4.78 is 2.21. The minimum Gasteiger partial charge on any atom is -0.336 e. The van der Waals surface area contributed by atoms with E-state index in [2.05, 4.69) is 64.1 Å². The predicted molar refractivity (Wildman–Crippen MR) is 148 cm³/mol. The van der Waals surface area contributed by atoms with Gasteiger partial charge in [0.25, 0.3) is 0 Å². The average Bonchev–Trinajstić information content (AvgIpc) is 3.29. The van der Waals surface area contributed by atoms with E-state index in [1.807, 2.05) is 47.4 Å². The highest BCUT2D eigenvalue weighted by Gasteiger charge is 2.26. The van der Waals surface area contributed by atoms with E-state index in [0.29, 0.717) is 37.1 Å². The maximum Gasteiger partial charge on any atom is 0.237 e. The fraction of sp³-hybridized carbons (Fsp3) is 0.226. The van der Waals surface area contributed by atoms with Crippen molar-refractivity contribution in [2.75, 3.05) is 19.6 Å². The van der Waals surface area contributed by atoms with Gasteiger partial charge >= 0.3 is 0 Å². The molecule has 0 spiro atoms. The van der Waals surface area contributed by atoms with Crippen LogP contribution in [0.25, 0.3) is 16.9 Å². The first kappa shape index (κ1) is 23.7. The van der Waals surface area contributed by atoms with Gasteiger partial charge in [-0.25, -0.2) is 4.98 Å². The molecule has 2 aromatic carbocycles. The Kier molecular flexibility index (Phi) is 6.64. The number of rotatable bonds is 6. The Labute approximate surface area is 222 Å². The summed E-state index contributed by atoms with van der Waals surface area (Å²) in [7, 11) is 0. The number of nitrogens with zero attached hydrogens (tertiary/aromatic N) is 4. The molecule has 0 radical (unpaired) electrons. The number of carbonyl (C=O) groups excluding carboxylic acids is 1. The Hall–Kier alpha value is -3.67. The molecule has 1 aliphatic carbocycles. The number of pyridine rings is 1. The lowest BCUT2D eigenvalue weighted by molar-refractivity contribution is -0.136. The zero-order valence-corrected chi connectivity index (χ0v) is 21.4. The topological polar surface area (TPSA) is 40.9 Å². The molecule has 0 N–H and O–H groups in total. The minimum atomic E-state index is 0.164. The number of hydrogen-bond donors (Lipinski definition) is 0. The molecule has 1 saturated heterocycles. The molecule has 37 heavy (non-hydrogen) atoms. The lowest BCUT2D eigenvalue weighted by atomic mass is 9.94. The number of carbonyl (C=O) groups is 1. The van der Waals surface area contributed by atoms with E-state index in [4.69, 9.17) is 16.6 Å². The Morgan fingerprint density at radius 3 is 2.51 bits per heavy atom. The van der Waals surface area contributed by atoms with Crippen LogP contribution < -0.4 is 0 Å². The first-order chi connectivity index (χ1) is 18.1. The SMILES string of the molecule is O=C1CN(Cc2c(-c3ccc(Cl)cc3)nc3ccc(C4C=CC=CC4)cn23)CCN1Cc1ccccc1. The second-order valence-electron chi connectivity index (χ2n) is 9.77. The van der Waals surface area contributed by atoms with Crippen LogP contribution in [-0.2, 0) is 17.9 Å². The van der Waals surface area contributed by atoms with Crippen LogP contribution >= 0.6 is 11.6 Å². The number of halogens is 1. The van der Waals surface area contributed by atoms with Crippen LogP contribution in [0.15, 0.2) is 97.2 Å². The Balaban J connectivity index is 1.30. The molecule has 1 fully saturated rings. The first-order valence-corrected chi connectivity index (χ1v) is 13.2. The largest absolute Gasteiger partial charge is 0.336 e. The molecule has 3 heterocycles. The maximum absolute atomic E-state index is 13.1. The van der Waals surface area contributed by atoms with Gasteiger partial charge in [-0.15, -0.1) is 0 Å². The van der Waals surface area contributed by atoms with E-state index in [0.717, 1.165) is 41.1 Å². The summed E-state index contributed by atoms with van der Waals surface area (Å²) in [4.78, 5) is 22.3. The number of hydrogen-bond acceptors (Lipinski definition) is 3. The summed E-state index contributed by atoms with van der Waals surface area (Å²) in [5.74, 6) is 0.517. The predicted octanol–water partition coefficient (Wildman–Crippen LogP) is 6.10. The van der Waals surface area contributed by atoms with Gasteiger partial charge in [0.2, 0.25) is 5.91 Å². The van der Waals surface area contributed by atoms with Gasteiger partial charge in [-0.3, -0.25) is 9.69 Å². The zero-order valence-electron chi connectivity index (χ0n) is 20.6. The molecule has 186 valence electrons. The van der Waals surface area contributed by atoms with Gasteiger partial charge in [0.15, 0.2) is 0 Å². The summed E-state index contributed by atoms with van der Waals surface area (Å²) >= 11 is 6.18. The van der Waals surface area contributed by atoms with Crippen molar-refractivity contribution in [1.29, 1.82) is 0 Å². The average molecular weight is 509 g/mol. The van der Waals surface area contributed by atoms with Gasteiger partial charge in [0, 0.05) is 48.9 Å². The third-order valence-corrected chi connectivity index (χ3v) is 7.51. The summed E-state index contributed by atoms with van der Waals surface area (Å²) in [6.07, 6.45) is 11.9. The Morgan fingerprint density at radius 1 is 0.919 bits per heavy atom. The molecule has 2 aliphatic rings. The molecule has 6 rings (SSSR count). The normalized spacial score (nSPS) is 18.1. The minimum absolute atomic E-state index is 0.164. The number of allylic oxidation sites excluding steroid dienone is 4. The van der Waals surface area contributed by atoms with Gasteiger partial charge in [0.1, 0.15) is 5.65 Å². The number of imidazole rings is 1. The van der Waals surface area contributed by atoms with Crippen LogP contribution in [0.2, 0.25) is 5.02 Å². The van der Waals surface area contributed by atoms with E-state index >= 15 is 0 Å². The van der Waals surface area contributed by atoms with E-state index in [1.165, 1.54) is 5.56 Å². The fourth-order valence-electron chi connectivity index (χ4n) is 5.22. The number of piperazine rings is 1. The third-order valence-electron chi connectivity index (χ3n) is 7.25. The highest BCUT2D eigenvalue weighted by atomic mass is 35.5. The van der Waals surface area contributed by atoms with E-state index in [1.54, 1.807) is 0 Å². The van der Waals surface area contributed by atoms with Crippen LogP contribution in [0.3, 0.4) is 0 Å². The van der Waals surface area contributed by atoms with Gasteiger partial charge in [-0.1, -0.05) is 84.4 Å². The number of benzene rings is 2. The Bertz CT molecular complexity index is 1470. The highest BCUT2D eigenvalue weighted by Crippen LogP contribution is 2.30. The van der Waals surface area contributed by atoms with Crippen molar-refractivity contribution in [3.05, 3.63) is 119 Å². The van der Waals surface area contributed by atoms with Crippen LogP contribution in [0.1, 0.15) is 29.2 Å². The van der Waals surface area contributed by atoms with Gasteiger partial charge < -0.3 is 9.30 Å². The van der Waals surface area contributed by atoms with E-state index < -0.39 is 0 Å². The quantitative estimate of drug-likeness (QED) is 0.316. The third kappa shape index (κ3) is 5.10. The van der Waals surface area contributed by atoms with Crippen LogP contribution in [-0.4, -0.2) is 44.7 Å². The monoisotopic (exact) mass is 508 g/mol. The second kappa shape index (κ2) is 10.4. The lowest BCUT2D eigenvalue weighted by Crippen LogP contribution is -2.49. The first-order valence-electron chi connectivity index (χ1n) is 12.8. The van der Waals surface area contributed by atoms with Crippen molar-refractivity contribution in [2.24, 2.45) is 0 Å². The molecule has 0 saturated carbocycles. The number of fused-ring (bicyclic) bond motifs is 1. The molecule has 2 aromatic heterocycles. The molecule has 1 aliphatic heterocycles. The molecule has 1 amide bonds. The van der Waals surface area contributed by atoms with Crippen molar-refractivity contribution in [1.82, 2.24) is 19.2 Å². The van der Waals surface area contributed by atoms with Crippen molar-refractivity contribution in [3.63, 3.8) is 0 Å². The Morgan fingerprint density at radius 2 is 1.76 bits per heavy atom. The second-order valence-corrected chi connectivity index (χ2v) is 10.2. The van der Waals surface area contributed by atoms with Crippen molar-refractivity contribution in [3.8, 4) is 11.3 Å². The summed E-state index contributed by atoms with van der Waals surface area (Å²) in [5.41, 5.74) is 6.39. The molecular formula is C31H29ClN4O. The molecule has 0 bridgehead atoms. The molecule has 4 aromatic rings. The van der Waals surface area contributed by atoms with Crippen LogP contribution in [0.5, 0.6) is 0 Å². The standard InChI is InChI=1S/C31H29ClN4O/c32-27-14-11-25(12-15-27)31-28(36-20-26(13-16-29(36)33-31)24-9-5-2-6-10-24)21-34-17-18-35(30(37)22-34)19-23-7-3-1-4-8-23/h1-9,11-16,20,24H,10,17-19,21-22H2. The highest BCUT2D eigenvalue weighted by molar-refractivity contribution is 6.30. The van der Waals surface area contributed by atoms with Gasteiger partial charge in [-0.2, -0.15) is 0 Å². The summed E-state index contributed by atoms with van der Waals surface area (Å²) in [6, 6.07) is 22.3. The smallest absolute Gasteiger partial charge is 0.237 e. The lowest BCUT2D eigenvalue weighted by Gasteiger charge is -2.34. The maximum atomic E-state index is 13.1.